The molecule has 1 unspecified atom stereocenters. The van der Waals surface area contributed by atoms with Crippen molar-refractivity contribution in [1.82, 2.24) is 0 Å². The van der Waals surface area contributed by atoms with Crippen LogP contribution in [0.25, 0.3) is 0 Å². The summed E-state index contributed by atoms with van der Waals surface area (Å²) >= 11 is 7.27. The Labute approximate surface area is 96.9 Å². The minimum Gasteiger partial charge on any atom is -0.465 e. The van der Waals surface area contributed by atoms with Crippen molar-refractivity contribution in [3.63, 3.8) is 0 Å². The van der Waals surface area contributed by atoms with E-state index in [-0.39, 0.29) is 11.2 Å². The molecule has 0 saturated carbocycles. The van der Waals surface area contributed by atoms with Crippen LogP contribution in [0.1, 0.15) is 6.42 Å². The molecule has 80 valence electrons. The van der Waals surface area contributed by atoms with E-state index >= 15 is 0 Å². The Morgan fingerprint density at radius 1 is 1.53 bits per heavy atom. The van der Waals surface area contributed by atoms with E-state index in [1.807, 2.05) is 0 Å². The molecule has 1 aliphatic heterocycles. The van der Waals surface area contributed by atoms with Crippen LogP contribution in [0.15, 0.2) is 23.1 Å². The Balaban J connectivity index is 2.16. The number of nitrogen functional groups attached to an aromatic ring is 1. The molecule has 5 heteroatoms. The molecule has 1 heterocycles. The van der Waals surface area contributed by atoms with Crippen LogP contribution in [0, 0.1) is 0 Å². The van der Waals surface area contributed by atoms with Crippen molar-refractivity contribution < 1.29 is 9.53 Å². The van der Waals surface area contributed by atoms with Crippen molar-refractivity contribution in [1.29, 1.82) is 0 Å². The lowest BCUT2D eigenvalue weighted by Gasteiger charge is -2.08. The van der Waals surface area contributed by atoms with E-state index in [1.165, 1.54) is 11.8 Å². The van der Waals surface area contributed by atoms with E-state index in [9.17, 15) is 4.79 Å². The third kappa shape index (κ3) is 2.38. The number of ether oxygens (including phenoxy) is 1. The van der Waals surface area contributed by atoms with Gasteiger partial charge in [-0.1, -0.05) is 11.6 Å². The maximum Gasteiger partial charge on any atom is 0.319 e. The largest absolute Gasteiger partial charge is 0.465 e. The van der Waals surface area contributed by atoms with Gasteiger partial charge in [-0.2, -0.15) is 0 Å². The Hall–Kier alpha value is -0.870. The highest BCUT2D eigenvalue weighted by molar-refractivity contribution is 8.00. The Bertz CT molecular complexity index is 397. The van der Waals surface area contributed by atoms with Crippen LogP contribution in [0.5, 0.6) is 0 Å². The number of anilines is 1. The molecule has 2 rings (SSSR count). The fraction of sp³-hybridized carbons (Fsp3) is 0.300. The first kappa shape index (κ1) is 10.6. The molecule has 1 aliphatic rings. The molecule has 0 spiro atoms. The lowest BCUT2D eigenvalue weighted by Crippen LogP contribution is -2.09. The van der Waals surface area contributed by atoms with Crippen LogP contribution >= 0.6 is 23.4 Å². The highest BCUT2D eigenvalue weighted by atomic mass is 35.5. The molecule has 0 aliphatic carbocycles. The van der Waals surface area contributed by atoms with Crippen LogP contribution in [-0.4, -0.2) is 17.8 Å². The molecule has 1 atom stereocenters. The molecule has 1 aromatic carbocycles. The molecule has 1 saturated heterocycles. The summed E-state index contributed by atoms with van der Waals surface area (Å²) in [5.74, 6) is -0.167. The maximum absolute atomic E-state index is 11.3. The number of esters is 1. The van der Waals surface area contributed by atoms with Crippen molar-refractivity contribution in [2.24, 2.45) is 0 Å². The number of rotatable bonds is 2. The van der Waals surface area contributed by atoms with E-state index in [0.717, 1.165) is 11.3 Å². The van der Waals surface area contributed by atoms with E-state index in [2.05, 4.69) is 0 Å². The summed E-state index contributed by atoms with van der Waals surface area (Å²) in [7, 11) is 0. The molecular weight excluding hydrogens is 234 g/mol. The number of benzene rings is 1. The predicted molar refractivity (Wildman–Crippen MR) is 61.1 cm³/mol. The van der Waals surface area contributed by atoms with Gasteiger partial charge in [0.05, 0.1) is 6.61 Å². The van der Waals surface area contributed by atoms with Crippen molar-refractivity contribution in [3.8, 4) is 0 Å². The second-order valence-corrected chi connectivity index (χ2v) is 4.93. The first-order chi connectivity index (χ1) is 7.16. The van der Waals surface area contributed by atoms with E-state index in [4.69, 9.17) is 22.1 Å². The average molecular weight is 244 g/mol. The van der Waals surface area contributed by atoms with Gasteiger partial charge in [-0.25, -0.2) is 0 Å². The topological polar surface area (TPSA) is 52.3 Å². The number of carbonyl (C=O) groups is 1. The summed E-state index contributed by atoms with van der Waals surface area (Å²) in [6.07, 6.45) is 0.732. The number of hydrogen-bond acceptors (Lipinski definition) is 4. The monoisotopic (exact) mass is 243 g/mol. The van der Waals surface area contributed by atoms with Crippen LogP contribution in [-0.2, 0) is 9.53 Å². The molecule has 15 heavy (non-hydrogen) atoms. The second kappa shape index (κ2) is 4.33. The zero-order chi connectivity index (χ0) is 10.8. The third-order valence-corrected chi connectivity index (χ3v) is 3.69. The zero-order valence-electron chi connectivity index (χ0n) is 7.90. The maximum atomic E-state index is 11.3. The smallest absolute Gasteiger partial charge is 0.319 e. The fourth-order valence-electron chi connectivity index (χ4n) is 1.35. The SMILES string of the molecule is Nc1ccc(Cl)cc1SC1CCOC1=O. The Morgan fingerprint density at radius 2 is 2.33 bits per heavy atom. The second-order valence-electron chi connectivity index (χ2n) is 3.24. The highest BCUT2D eigenvalue weighted by Crippen LogP contribution is 2.34. The zero-order valence-corrected chi connectivity index (χ0v) is 9.48. The lowest BCUT2D eigenvalue weighted by atomic mass is 10.3. The van der Waals surface area contributed by atoms with Gasteiger partial charge in [0.2, 0.25) is 0 Å². The van der Waals surface area contributed by atoms with Gasteiger partial charge in [-0.3, -0.25) is 4.79 Å². The summed E-state index contributed by atoms with van der Waals surface area (Å²) in [4.78, 5) is 12.1. The minimum atomic E-state index is -0.167. The third-order valence-electron chi connectivity index (χ3n) is 2.13. The van der Waals surface area contributed by atoms with E-state index in [1.54, 1.807) is 18.2 Å². The van der Waals surface area contributed by atoms with Gasteiger partial charge < -0.3 is 10.5 Å². The van der Waals surface area contributed by atoms with Gasteiger partial charge in [0.1, 0.15) is 5.25 Å². The molecule has 2 N–H and O–H groups in total. The lowest BCUT2D eigenvalue weighted by molar-refractivity contribution is -0.137. The predicted octanol–water partition coefficient (Wildman–Crippen LogP) is 2.33. The molecule has 0 aromatic heterocycles. The molecule has 1 fully saturated rings. The molecule has 0 bridgehead atoms. The van der Waals surface area contributed by atoms with Gasteiger partial charge in [0.15, 0.2) is 0 Å². The van der Waals surface area contributed by atoms with Gasteiger partial charge in [0.25, 0.3) is 0 Å². The van der Waals surface area contributed by atoms with Crippen LogP contribution < -0.4 is 5.73 Å². The molecule has 1 aromatic rings. The summed E-state index contributed by atoms with van der Waals surface area (Å²) in [6, 6.07) is 5.24. The number of nitrogens with two attached hydrogens (primary N) is 1. The molecule has 3 nitrogen and oxygen atoms in total. The summed E-state index contributed by atoms with van der Waals surface area (Å²) in [5.41, 5.74) is 6.42. The number of thioether (sulfide) groups is 1. The van der Waals surface area contributed by atoms with Crippen LogP contribution in [0.4, 0.5) is 5.69 Å². The average Bonchev–Trinajstić information content (AvgIpc) is 2.58. The van der Waals surface area contributed by atoms with Gasteiger partial charge >= 0.3 is 5.97 Å². The minimum absolute atomic E-state index is 0.147. The number of halogens is 1. The summed E-state index contributed by atoms with van der Waals surface area (Å²) in [6.45, 7) is 0.497. The van der Waals surface area contributed by atoms with Gasteiger partial charge in [-0.05, 0) is 18.2 Å². The highest BCUT2D eigenvalue weighted by Gasteiger charge is 2.27. The standard InChI is InChI=1S/C10H10ClNO2S/c11-6-1-2-7(12)9(5-6)15-8-3-4-14-10(8)13/h1-2,5,8H,3-4,12H2. The first-order valence-electron chi connectivity index (χ1n) is 4.55. The molecule has 0 radical (unpaired) electrons. The number of cyclic esters (lactones) is 1. The van der Waals surface area contributed by atoms with Gasteiger partial charge in [0, 0.05) is 22.0 Å². The quantitative estimate of drug-likeness (QED) is 0.640. The van der Waals surface area contributed by atoms with E-state index < -0.39 is 0 Å². The molecule has 0 amide bonds. The van der Waals surface area contributed by atoms with Crippen molar-refractivity contribution in [3.05, 3.63) is 23.2 Å². The van der Waals surface area contributed by atoms with E-state index in [0.29, 0.717) is 17.3 Å². The van der Waals surface area contributed by atoms with Crippen molar-refractivity contribution in [2.75, 3.05) is 12.3 Å². The van der Waals surface area contributed by atoms with Crippen molar-refractivity contribution >= 4 is 35.0 Å². The normalized spacial score (nSPS) is 20.3. The number of carbonyl (C=O) groups excluding carboxylic acids is 1. The van der Waals surface area contributed by atoms with Crippen LogP contribution in [0.2, 0.25) is 5.02 Å². The Kier molecular flexibility index (Phi) is 3.07. The Morgan fingerprint density at radius 3 is 3.00 bits per heavy atom. The van der Waals surface area contributed by atoms with Gasteiger partial charge in [-0.15, -0.1) is 11.8 Å². The summed E-state index contributed by atoms with van der Waals surface area (Å²) < 4.78 is 4.87. The van der Waals surface area contributed by atoms with Crippen LogP contribution in [0.3, 0.4) is 0 Å². The van der Waals surface area contributed by atoms with Crippen molar-refractivity contribution in [2.45, 2.75) is 16.6 Å². The first-order valence-corrected chi connectivity index (χ1v) is 5.81. The summed E-state index contributed by atoms with van der Waals surface area (Å²) in [5, 5.41) is 0.476. The fourth-order valence-corrected chi connectivity index (χ4v) is 2.67. The molecular formula is C10H10ClNO2S. The number of hydrogen-bond donors (Lipinski definition) is 1.